The van der Waals surface area contributed by atoms with E-state index in [1.165, 1.54) is 6.92 Å². The molecule has 0 saturated carbocycles. The van der Waals surface area contributed by atoms with E-state index in [0.29, 0.717) is 12.8 Å². The van der Waals surface area contributed by atoms with Crippen molar-refractivity contribution < 1.29 is 87.3 Å². The van der Waals surface area contributed by atoms with Crippen molar-refractivity contribution in [3.05, 3.63) is 0 Å². The van der Waals surface area contributed by atoms with Crippen molar-refractivity contribution in [1.29, 1.82) is 0 Å². The minimum atomic E-state index is -1.56. The molecule has 0 bridgehead atoms. The Balaban J connectivity index is 4.30. The van der Waals surface area contributed by atoms with Crippen LogP contribution in [0.5, 0.6) is 0 Å². The molecule has 0 radical (unpaired) electrons. The van der Waals surface area contributed by atoms with Gasteiger partial charge in [0.25, 0.3) is 0 Å². The number of ketones is 1. The molecule has 9 N–H and O–H groups in total. The van der Waals surface area contributed by atoms with E-state index < -0.39 is 84.9 Å². The standard InChI is InChI=1S/C42H71N5O18/c1-30(48)28-64-26-24-63-23-21-44-38(53)29-65-27-25-62-22-20-43-34(49)17-14-31(40(56)57)46-36(51)19-16-33(42(60)61)47-37(52)18-15-32(41(58)59)45-35(50)12-10-8-6-4-2-3-5-7-9-11-13-39(54)55/h31-33H,2-29H2,1H3,(H,43,49)(H,44,53)(H,45,50)(H,46,51)(H,47,52)(H,54,55)(H,56,57)(H,58,59)(H,60,61)/t31-,32-,33-/m0/s1. The lowest BCUT2D eigenvalue weighted by Crippen LogP contribution is -2.45. The number of aliphatic carboxylic acids is 4. The number of rotatable bonds is 44. The van der Waals surface area contributed by atoms with Gasteiger partial charge in [0.2, 0.25) is 29.5 Å². The van der Waals surface area contributed by atoms with E-state index in [2.05, 4.69) is 26.6 Å². The fourth-order valence-corrected chi connectivity index (χ4v) is 5.86. The van der Waals surface area contributed by atoms with Crippen molar-refractivity contribution >= 4 is 59.2 Å². The van der Waals surface area contributed by atoms with Gasteiger partial charge in [-0.1, -0.05) is 51.4 Å². The van der Waals surface area contributed by atoms with Gasteiger partial charge in [-0.3, -0.25) is 33.6 Å². The molecule has 23 heteroatoms. The Morgan fingerprint density at radius 2 is 0.723 bits per heavy atom. The Kier molecular flexibility index (Phi) is 36.0. The van der Waals surface area contributed by atoms with Crippen LogP contribution < -0.4 is 26.6 Å². The van der Waals surface area contributed by atoms with Crippen LogP contribution in [0, 0.1) is 0 Å². The zero-order chi connectivity index (χ0) is 48.7. The van der Waals surface area contributed by atoms with E-state index in [4.69, 9.17) is 24.1 Å². The maximum absolute atomic E-state index is 12.5. The number of unbranched alkanes of at least 4 members (excludes halogenated alkanes) is 9. The average molecular weight is 934 g/mol. The molecule has 5 amide bonds. The molecule has 65 heavy (non-hydrogen) atoms. The van der Waals surface area contributed by atoms with Gasteiger partial charge in [0.05, 0.1) is 39.6 Å². The van der Waals surface area contributed by atoms with Crippen LogP contribution in [-0.4, -0.2) is 164 Å². The SMILES string of the molecule is CC(=O)COCCOCCNC(=O)COCCOCCNC(=O)CC[C@H](NC(=O)CC[C@H](NC(=O)CC[C@H](NC(=O)CCCCCCCCCCCCC(=O)O)C(=O)O)C(=O)O)C(=O)O. The van der Waals surface area contributed by atoms with Crippen LogP contribution in [0.1, 0.15) is 122 Å². The molecule has 3 atom stereocenters. The lowest BCUT2D eigenvalue weighted by atomic mass is 10.0. The molecular formula is C42H71N5O18. The van der Waals surface area contributed by atoms with Gasteiger partial charge in [-0.15, -0.1) is 0 Å². The molecule has 0 aliphatic heterocycles. The molecule has 372 valence electrons. The van der Waals surface area contributed by atoms with Crippen LogP contribution >= 0.6 is 0 Å². The summed E-state index contributed by atoms with van der Waals surface area (Å²) in [4.78, 5) is 118. The summed E-state index contributed by atoms with van der Waals surface area (Å²) in [7, 11) is 0. The van der Waals surface area contributed by atoms with E-state index in [9.17, 15) is 63.3 Å². The van der Waals surface area contributed by atoms with Crippen LogP contribution in [0.3, 0.4) is 0 Å². The molecule has 0 rings (SSSR count). The largest absolute Gasteiger partial charge is 0.481 e. The van der Waals surface area contributed by atoms with E-state index >= 15 is 0 Å². The molecule has 0 unspecified atom stereocenters. The van der Waals surface area contributed by atoms with E-state index in [1.54, 1.807) is 0 Å². The minimum Gasteiger partial charge on any atom is -0.481 e. The molecule has 0 saturated heterocycles. The van der Waals surface area contributed by atoms with Gasteiger partial charge in [-0.2, -0.15) is 0 Å². The summed E-state index contributed by atoms with van der Waals surface area (Å²) in [6, 6.07) is -4.43. The van der Waals surface area contributed by atoms with Crippen LogP contribution in [0.15, 0.2) is 0 Å². The zero-order valence-electron chi connectivity index (χ0n) is 37.5. The van der Waals surface area contributed by atoms with Crippen LogP contribution in [0.2, 0.25) is 0 Å². The Morgan fingerprint density at radius 3 is 1.12 bits per heavy atom. The highest BCUT2D eigenvalue weighted by Gasteiger charge is 2.26. The highest BCUT2D eigenvalue weighted by atomic mass is 16.5. The summed E-state index contributed by atoms with van der Waals surface area (Å²) in [5.74, 6) is -8.21. The lowest BCUT2D eigenvalue weighted by molar-refractivity contribution is -0.144. The Hall–Kier alpha value is -5.26. The summed E-state index contributed by atoms with van der Waals surface area (Å²) in [5.41, 5.74) is 0. The normalized spacial score (nSPS) is 12.3. The molecular weight excluding hydrogens is 862 g/mol. The summed E-state index contributed by atoms with van der Waals surface area (Å²) in [6.45, 7) is 2.71. The molecule has 0 heterocycles. The molecule has 0 aromatic carbocycles. The third-order valence-corrected chi connectivity index (χ3v) is 9.34. The van der Waals surface area contributed by atoms with Gasteiger partial charge in [-0.05, 0) is 39.0 Å². The minimum absolute atomic E-state index is 0.0217. The van der Waals surface area contributed by atoms with Gasteiger partial charge in [-0.25, -0.2) is 14.4 Å². The topological polar surface area (TPSA) is 349 Å². The fourth-order valence-electron chi connectivity index (χ4n) is 5.86. The molecule has 0 aromatic heterocycles. The number of nitrogens with one attached hydrogen (secondary N) is 5. The molecule has 0 fully saturated rings. The first-order chi connectivity index (χ1) is 31.0. The number of carbonyl (C=O) groups is 10. The van der Waals surface area contributed by atoms with Gasteiger partial charge < -0.3 is 66.0 Å². The maximum Gasteiger partial charge on any atom is 0.326 e. The number of carboxylic acid groups (broad SMARTS) is 4. The molecule has 0 spiro atoms. The lowest BCUT2D eigenvalue weighted by Gasteiger charge is -2.18. The highest BCUT2D eigenvalue weighted by Crippen LogP contribution is 2.12. The van der Waals surface area contributed by atoms with E-state index in [-0.39, 0.29) is 110 Å². The zero-order valence-corrected chi connectivity index (χ0v) is 37.5. The molecule has 0 aromatic rings. The average Bonchev–Trinajstić information content (AvgIpc) is 3.24. The monoisotopic (exact) mass is 933 g/mol. The Labute approximate surface area is 379 Å². The van der Waals surface area contributed by atoms with E-state index in [0.717, 1.165) is 51.4 Å². The summed E-state index contributed by atoms with van der Waals surface area (Å²) >= 11 is 0. The van der Waals surface area contributed by atoms with Gasteiger partial charge in [0.15, 0.2) is 5.78 Å². The van der Waals surface area contributed by atoms with Crippen molar-refractivity contribution in [2.45, 2.75) is 141 Å². The molecule has 0 aliphatic carbocycles. The summed E-state index contributed by atoms with van der Waals surface area (Å²) in [6.07, 6.45) is 6.96. The summed E-state index contributed by atoms with van der Waals surface area (Å²) < 4.78 is 20.8. The van der Waals surface area contributed by atoms with Crippen molar-refractivity contribution in [3.63, 3.8) is 0 Å². The van der Waals surface area contributed by atoms with Crippen LogP contribution in [-0.2, 0) is 66.9 Å². The quantitative estimate of drug-likeness (QED) is 0.0380. The third-order valence-electron chi connectivity index (χ3n) is 9.34. The number of amides is 5. The second kappa shape index (κ2) is 39.1. The van der Waals surface area contributed by atoms with Crippen molar-refractivity contribution in [3.8, 4) is 0 Å². The van der Waals surface area contributed by atoms with E-state index in [1.807, 2.05) is 0 Å². The van der Waals surface area contributed by atoms with Crippen molar-refractivity contribution in [2.24, 2.45) is 0 Å². The number of carboxylic acids is 4. The Bertz CT molecular complexity index is 1460. The maximum atomic E-state index is 12.5. The number of carbonyl (C=O) groups excluding carboxylic acids is 6. The number of Topliss-reactive ketones (excluding diaryl/α,β-unsaturated/α-hetero) is 1. The highest BCUT2D eigenvalue weighted by molar-refractivity contribution is 5.87. The van der Waals surface area contributed by atoms with Gasteiger partial charge >= 0.3 is 23.9 Å². The Morgan fingerprint density at radius 1 is 0.385 bits per heavy atom. The molecule has 23 nitrogen and oxygen atoms in total. The third kappa shape index (κ3) is 37.8. The second-order valence-electron chi connectivity index (χ2n) is 15.2. The number of hydrogen-bond acceptors (Lipinski definition) is 14. The predicted molar refractivity (Wildman–Crippen MR) is 229 cm³/mol. The molecule has 0 aliphatic rings. The van der Waals surface area contributed by atoms with Crippen LogP contribution in [0.25, 0.3) is 0 Å². The fraction of sp³-hybridized carbons (Fsp3) is 0.762. The first kappa shape index (κ1) is 59.7. The first-order valence-corrected chi connectivity index (χ1v) is 22.1. The summed E-state index contributed by atoms with van der Waals surface area (Å²) in [5, 5.41) is 49.3. The number of ether oxygens (including phenoxy) is 4. The van der Waals surface area contributed by atoms with Gasteiger partial charge in [0.1, 0.15) is 31.3 Å². The van der Waals surface area contributed by atoms with Gasteiger partial charge in [0, 0.05) is 45.2 Å². The van der Waals surface area contributed by atoms with Crippen molar-refractivity contribution in [2.75, 3.05) is 65.9 Å². The predicted octanol–water partition coefficient (Wildman–Crippen LogP) is 0.689. The smallest absolute Gasteiger partial charge is 0.326 e. The van der Waals surface area contributed by atoms with Crippen LogP contribution in [0.4, 0.5) is 0 Å². The number of hydrogen-bond donors (Lipinski definition) is 9. The van der Waals surface area contributed by atoms with Crippen molar-refractivity contribution in [1.82, 2.24) is 26.6 Å². The second-order valence-corrected chi connectivity index (χ2v) is 15.2. The first-order valence-electron chi connectivity index (χ1n) is 22.1.